The van der Waals surface area contributed by atoms with Crippen molar-refractivity contribution in [3.05, 3.63) is 11.1 Å². The quantitative estimate of drug-likeness (QED) is 0.580. The van der Waals surface area contributed by atoms with E-state index in [0.29, 0.717) is 12.1 Å². The molecule has 0 aromatic rings. The SMILES string of the molecule is CC1=C2C[C@H]3[C@H](CN4CCN(C5CCCC[NH2+]5)CC4)C(=O)O[C@@H]3C[C@@]2(C)CCC1. The molecule has 162 valence electrons. The Balaban J connectivity index is 1.21. The van der Waals surface area contributed by atoms with Crippen molar-refractivity contribution in [3.8, 4) is 0 Å². The van der Waals surface area contributed by atoms with Crippen LogP contribution in [0.25, 0.3) is 0 Å². The van der Waals surface area contributed by atoms with Crippen molar-refractivity contribution in [2.45, 2.75) is 77.5 Å². The second-order valence-corrected chi connectivity index (χ2v) is 10.8. The van der Waals surface area contributed by atoms with Crippen molar-refractivity contribution in [1.82, 2.24) is 9.80 Å². The van der Waals surface area contributed by atoms with E-state index < -0.39 is 0 Å². The van der Waals surface area contributed by atoms with Gasteiger partial charge in [0.15, 0.2) is 0 Å². The van der Waals surface area contributed by atoms with Crippen molar-refractivity contribution in [1.29, 1.82) is 0 Å². The van der Waals surface area contributed by atoms with E-state index >= 15 is 0 Å². The van der Waals surface area contributed by atoms with Gasteiger partial charge in [-0.1, -0.05) is 18.1 Å². The van der Waals surface area contributed by atoms with E-state index in [0.717, 1.165) is 45.6 Å². The largest absolute Gasteiger partial charge is 0.462 e. The molecule has 5 rings (SSSR count). The van der Waals surface area contributed by atoms with Crippen molar-refractivity contribution in [3.63, 3.8) is 0 Å². The highest BCUT2D eigenvalue weighted by Gasteiger charge is 2.53. The number of allylic oxidation sites excluding steroid dienone is 2. The lowest BCUT2D eigenvalue weighted by Gasteiger charge is -2.46. The monoisotopic (exact) mass is 402 g/mol. The smallest absolute Gasteiger partial charge is 0.310 e. The summed E-state index contributed by atoms with van der Waals surface area (Å²) in [5.74, 6) is 0.575. The molecule has 1 saturated carbocycles. The lowest BCUT2D eigenvalue weighted by Crippen LogP contribution is -2.95. The van der Waals surface area contributed by atoms with Crippen LogP contribution in [-0.4, -0.2) is 67.3 Å². The first-order valence-electron chi connectivity index (χ1n) is 12.2. The van der Waals surface area contributed by atoms with Gasteiger partial charge >= 0.3 is 5.97 Å². The number of carbonyl (C=O) groups is 1. The predicted octanol–water partition coefficient (Wildman–Crippen LogP) is 2.14. The predicted molar refractivity (Wildman–Crippen MR) is 113 cm³/mol. The molecule has 3 heterocycles. The summed E-state index contributed by atoms with van der Waals surface area (Å²) in [5.41, 5.74) is 3.56. The van der Waals surface area contributed by atoms with Gasteiger partial charge in [-0.3, -0.25) is 14.6 Å². The molecule has 0 aromatic carbocycles. The van der Waals surface area contributed by atoms with Crippen LogP contribution in [0.1, 0.15) is 65.2 Å². The Morgan fingerprint density at radius 1 is 1.17 bits per heavy atom. The number of hydrogen-bond acceptors (Lipinski definition) is 4. The molecule has 2 N–H and O–H groups in total. The topological polar surface area (TPSA) is 49.4 Å². The number of ether oxygens (including phenoxy) is 1. The van der Waals surface area contributed by atoms with Gasteiger partial charge in [0.1, 0.15) is 12.3 Å². The lowest BCUT2D eigenvalue weighted by molar-refractivity contribution is -0.717. The third-order valence-corrected chi connectivity index (χ3v) is 8.90. The second kappa shape index (κ2) is 7.97. The molecule has 0 amide bonds. The Morgan fingerprint density at radius 3 is 2.76 bits per heavy atom. The molecule has 0 aromatic heterocycles. The highest BCUT2D eigenvalue weighted by Crippen LogP contribution is 2.55. The Kier molecular flexibility index (Phi) is 5.50. The van der Waals surface area contributed by atoms with Gasteiger partial charge in [0.05, 0.1) is 12.5 Å². The summed E-state index contributed by atoms with van der Waals surface area (Å²) in [6, 6.07) is 0. The molecule has 0 radical (unpaired) electrons. The molecule has 2 aliphatic carbocycles. The summed E-state index contributed by atoms with van der Waals surface area (Å²) in [7, 11) is 0. The maximum atomic E-state index is 12.8. The first kappa shape index (κ1) is 20.0. The van der Waals surface area contributed by atoms with Crippen LogP contribution in [-0.2, 0) is 9.53 Å². The number of carbonyl (C=O) groups excluding carboxylic acids is 1. The van der Waals surface area contributed by atoms with Crippen LogP contribution in [0.4, 0.5) is 0 Å². The fourth-order valence-electron chi connectivity index (χ4n) is 7.13. The van der Waals surface area contributed by atoms with Crippen molar-refractivity contribution >= 4 is 5.97 Å². The van der Waals surface area contributed by atoms with Crippen LogP contribution in [0.15, 0.2) is 11.1 Å². The number of quaternary nitrogens is 1. The summed E-state index contributed by atoms with van der Waals surface area (Å²) in [6.07, 6.45) is 10.9. The third kappa shape index (κ3) is 3.79. The molecule has 3 saturated heterocycles. The van der Waals surface area contributed by atoms with Crippen molar-refractivity contribution < 1.29 is 14.8 Å². The molecule has 29 heavy (non-hydrogen) atoms. The number of esters is 1. The highest BCUT2D eigenvalue weighted by molar-refractivity contribution is 5.76. The molecule has 0 bridgehead atoms. The summed E-state index contributed by atoms with van der Waals surface area (Å²) in [6.45, 7) is 11.5. The molecular formula is C24H40N3O2+. The second-order valence-electron chi connectivity index (χ2n) is 10.8. The zero-order chi connectivity index (χ0) is 20.0. The van der Waals surface area contributed by atoms with E-state index in [1.165, 1.54) is 45.1 Å². The Labute approximate surface area is 176 Å². The van der Waals surface area contributed by atoms with Gasteiger partial charge in [-0.15, -0.1) is 0 Å². The van der Waals surface area contributed by atoms with Gasteiger partial charge in [-0.05, 0) is 57.3 Å². The van der Waals surface area contributed by atoms with Gasteiger partial charge < -0.3 is 10.1 Å². The number of nitrogens with two attached hydrogens (primary N) is 1. The summed E-state index contributed by atoms with van der Waals surface area (Å²) in [4.78, 5) is 18.1. The maximum Gasteiger partial charge on any atom is 0.310 e. The average Bonchev–Trinajstić information content (AvgIpc) is 3.01. The normalized spacial score (nSPS) is 41.8. The molecule has 3 aliphatic heterocycles. The van der Waals surface area contributed by atoms with Gasteiger partial charge in [-0.2, -0.15) is 0 Å². The Bertz CT molecular complexity index is 663. The van der Waals surface area contributed by atoms with Gasteiger partial charge in [0.25, 0.3) is 0 Å². The fourth-order valence-corrected chi connectivity index (χ4v) is 7.13. The van der Waals surface area contributed by atoms with Crippen molar-refractivity contribution in [2.75, 3.05) is 39.3 Å². The number of fused-ring (bicyclic) bond motifs is 2. The number of rotatable bonds is 3. The minimum atomic E-state index is 0.0829. The zero-order valence-corrected chi connectivity index (χ0v) is 18.5. The summed E-state index contributed by atoms with van der Waals surface area (Å²) in [5, 5.41) is 2.54. The van der Waals surface area contributed by atoms with Crippen molar-refractivity contribution in [2.24, 2.45) is 17.3 Å². The van der Waals surface area contributed by atoms with Crippen LogP contribution in [0.2, 0.25) is 0 Å². The van der Waals surface area contributed by atoms with Crippen LogP contribution in [0.3, 0.4) is 0 Å². The lowest BCUT2D eigenvalue weighted by atomic mass is 9.59. The molecule has 1 unspecified atom stereocenters. The average molecular weight is 403 g/mol. The number of nitrogens with zero attached hydrogens (tertiary/aromatic N) is 2. The van der Waals surface area contributed by atoms with Crippen LogP contribution >= 0.6 is 0 Å². The fraction of sp³-hybridized carbons (Fsp3) is 0.875. The zero-order valence-electron chi connectivity index (χ0n) is 18.5. The molecule has 5 aliphatic rings. The standard InChI is InChI=1S/C24H39N3O2/c1-17-6-5-8-24(2)15-21-18(14-20(17)24)19(23(28)29-21)16-26-10-12-27(13-11-26)22-7-3-4-9-25-22/h18-19,21-22,25H,3-16H2,1-2H3/p+1/t18-,19-,21+,22?,24+/m0/s1. The van der Waals surface area contributed by atoms with Crippen LogP contribution in [0.5, 0.6) is 0 Å². The first-order valence-corrected chi connectivity index (χ1v) is 12.2. The van der Waals surface area contributed by atoms with E-state index in [9.17, 15) is 4.79 Å². The van der Waals surface area contributed by atoms with Crippen LogP contribution < -0.4 is 5.32 Å². The van der Waals surface area contributed by atoms with Gasteiger partial charge in [0.2, 0.25) is 0 Å². The van der Waals surface area contributed by atoms with E-state index in [2.05, 4.69) is 29.0 Å². The minimum Gasteiger partial charge on any atom is -0.462 e. The van der Waals surface area contributed by atoms with E-state index in [1.54, 1.807) is 11.1 Å². The van der Waals surface area contributed by atoms with Crippen LogP contribution in [0, 0.1) is 17.3 Å². The summed E-state index contributed by atoms with van der Waals surface area (Å²) >= 11 is 0. The van der Waals surface area contributed by atoms with E-state index in [-0.39, 0.29) is 23.4 Å². The molecule has 4 fully saturated rings. The molecule has 0 spiro atoms. The molecular weight excluding hydrogens is 362 g/mol. The number of piperazine rings is 1. The third-order valence-electron chi connectivity index (χ3n) is 8.90. The Hall–Kier alpha value is -0.910. The molecule has 5 atom stereocenters. The van der Waals surface area contributed by atoms with E-state index in [1.807, 2.05) is 0 Å². The summed E-state index contributed by atoms with van der Waals surface area (Å²) < 4.78 is 5.98. The van der Waals surface area contributed by atoms with Gasteiger partial charge in [-0.25, -0.2) is 0 Å². The Morgan fingerprint density at radius 2 is 2.00 bits per heavy atom. The number of piperidine rings is 1. The molecule has 5 heteroatoms. The maximum absolute atomic E-state index is 12.8. The minimum absolute atomic E-state index is 0.0829. The van der Waals surface area contributed by atoms with Gasteiger partial charge in [0, 0.05) is 45.1 Å². The number of hydrogen-bond donors (Lipinski definition) is 1. The highest BCUT2D eigenvalue weighted by atomic mass is 16.6. The van der Waals surface area contributed by atoms with E-state index in [4.69, 9.17) is 4.74 Å². The molecule has 5 nitrogen and oxygen atoms in total. The first-order chi connectivity index (χ1) is 14.0.